The van der Waals surface area contributed by atoms with Crippen LogP contribution < -0.4 is 10.1 Å². The van der Waals surface area contributed by atoms with Crippen molar-refractivity contribution >= 4 is 22.4 Å². The normalized spacial score (nSPS) is 10.4. The summed E-state index contributed by atoms with van der Waals surface area (Å²) in [4.78, 5) is 14.2. The molecule has 0 aliphatic rings. The first kappa shape index (κ1) is 16.3. The monoisotopic (exact) mass is 319 g/mol. The van der Waals surface area contributed by atoms with Crippen molar-refractivity contribution in [1.82, 2.24) is 9.27 Å². The number of nitrogens with zero attached hydrogens (tertiary/aromatic N) is 2. The molecule has 1 heterocycles. The standard InChI is InChI=1S/C16H21N3O2S/c1-11-7-5-6-8-13(11)21-10-9-19(4)16(20)14-12(2)18-22-15(14)17-3/h5-8,17H,9-10H2,1-4H3. The Labute approximate surface area is 135 Å². The number of rotatable bonds is 6. The molecule has 2 rings (SSSR count). The van der Waals surface area contributed by atoms with Crippen LogP contribution in [0.2, 0.25) is 0 Å². The molecule has 0 radical (unpaired) electrons. The molecular weight excluding hydrogens is 298 g/mol. The minimum absolute atomic E-state index is 0.0380. The van der Waals surface area contributed by atoms with Crippen molar-refractivity contribution in [3.05, 3.63) is 41.1 Å². The fourth-order valence-corrected chi connectivity index (χ4v) is 2.83. The lowest BCUT2D eigenvalue weighted by Gasteiger charge is -2.18. The highest BCUT2D eigenvalue weighted by atomic mass is 32.1. The number of aromatic nitrogens is 1. The number of hydrogen-bond acceptors (Lipinski definition) is 5. The lowest BCUT2D eigenvalue weighted by atomic mass is 10.2. The van der Waals surface area contributed by atoms with Crippen LogP contribution in [0.25, 0.3) is 0 Å². The Balaban J connectivity index is 1.95. The summed E-state index contributed by atoms with van der Waals surface area (Å²) in [6.07, 6.45) is 0. The Morgan fingerprint density at radius 2 is 2.09 bits per heavy atom. The number of carbonyl (C=O) groups is 1. The summed E-state index contributed by atoms with van der Waals surface area (Å²) >= 11 is 1.30. The average molecular weight is 319 g/mol. The van der Waals surface area contributed by atoms with Gasteiger partial charge in [0.1, 0.15) is 17.4 Å². The Hall–Kier alpha value is -2.08. The van der Waals surface area contributed by atoms with Crippen LogP contribution >= 0.6 is 11.5 Å². The molecule has 2 aromatic rings. The largest absolute Gasteiger partial charge is 0.491 e. The lowest BCUT2D eigenvalue weighted by Crippen LogP contribution is -2.31. The van der Waals surface area contributed by atoms with Crippen LogP contribution in [0, 0.1) is 13.8 Å². The lowest BCUT2D eigenvalue weighted by molar-refractivity contribution is 0.0774. The van der Waals surface area contributed by atoms with E-state index in [9.17, 15) is 4.79 Å². The predicted molar refractivity (Wildman–Crippen MR) is 90.0 cm³/mol. The number of carbonyl (C=O) groups excluding carboxylic acids is 1. The number of hydrogen-bond donors (Lipinski definition) is 1. The third-order valence-electron chi connectivity index (χ3n) is 3.43. The number of anilines is 1. The summed E-state index contributed by atoms with van der Waals surface area (Å²) in [5.74, 6) is 0.816. The van der Waals surface area contributed by atoms with Crippen LogP contribution in [0.3, 0.4) is 0 Å². The molecule has 118 valence electrons. The van der Waals surface area contributed by atoms with E-state index in [0.29, 0.717) is 18.7 Å². The maximum Gasteiger partial charge on any atom is 0.258 e. The third kappa shape index (κ3) is 3.57. The van der Waals surface area contributed by atoms with Crippen molar-refractivity contribution in [2.75, 3.05) is 32.6 Å². The SMILES string of the molecule is CNc1snc(C)c1C(=O)N(C)CCOc1ccccc1C. The highest BCUT2D eigenvalue weighted by Crippen LogP contribution is 2.25. The van der Waals surface area contributed by atoms with Crippen molar-refractivity contribution in [2.24, 2.45) is 0 Å². The van der Waals surface area contributed by atoms with Crippen LogP contribution in [0.15, 0.2) is 24.3 Å². The molecule has 0 atom stereocenters. The average Bonchev–Trinajstić information content (AvgIpc) is 2.89. The number of benzene rings is 1. The van der Waals surface area contributed by atoms with E-state index >= 15 is 0 Å². The van der Waals surface area contributed by atoms with E-state index in [4.69, 9.17) is 4.74 Å². The van der Waals surface area contributed by atoms with E-state index in [1.807, 2.05) is 38.1 Å². The van der Waals surface area contributed by atoms with Gasteiger partial charge in [-0.3, -0.25) is 4.79 Å². The number of nitrogens with one attached hydrogen (secondary N) is 1. The number of para-hydroxylation sites is 1. The van der Waals surface area contributed by atoms with E-state index in [1.54, 1.807) is 19.0 Å². The number of amides is 1. The van der Waals surface area contributed by atoms with Crippen molar-refractivity contribution in [1.29, 1.82) is 0 Å². The molecule has 0 fully saturated rings. The molecule has 0 saturated carbocycles. The quantitative estimate of drug-likeness (QED) is 0.889. The number of ether oxygens (including phenoxy) is 1. The Morgan fingerprint density at radius 1 is 1.36 bits per heavy atom. The fraction of sp³-hybridized carbons (Fsp3) is 0.375. The first-order valence-corrected chi connectivity index (χ1v) is 7.90. The minimum Gasteiger partial charge on any atom is -0.491 e. The van der Waals surface area contributed by atoms with Gasteiger partial charge in [0, 0.05) is 14.1 Å². The summed E-state index contributed by atoms with van der Waals surface area (Å²) in [6, 6.07) is 7.85. The molecule has 1 aromatic carbocycles. The summed E-state index contributed by atoms with van der Waals surface area (Å²) in [5, 5.41) is 3.82. The van der Waals surface area contributed by atoms with Gasteiger partial charge in [-0.25, -0.2) is 0 Å². The molecule has 1 aromatic heterocycles. The summed E-state index contributed by atoms with van der Waals surface area (Å²) < 4.78 is 9.97. The first-order chi connectivity index (χ1) is 10.5. The smallest absolute Gasteiger partial charge is 0.258 e. The first-order valence-electron chi connectivity index (χ1n) is 7.12. The summed E-state index contributed by atoms with van der Waals surface area (Å²) in [5.41, 5.74) is 2.49. The molecule has 1 amide bonds. The van der Waals surface area contributed by atoms with Crippen LogP contribution in [0.5, 0.6) is 5.75 Å². The number of likely N-dealkylation sites (N-methyl/N-ethyl adjacent to an activating group) is 1. The highest BCUT2D eigenvalue weighted by Gasteiger charge is 2.21. The zero-order valence-electron chi connectivity index (χ0n) is 13.3. The topological polar surface area (TPSA) is 54.5 Å². The predicted octanol–water partition coefficient (Wildman–Crippen LogP) is 2.95. The van der Waals surface area contributed by atoms with Crippen LogP contribution in [0.4, 0.5) is 5.00 Å². The molecule has 0 aliphatic heterocycles. The van der Waals surface area contributed by atoms with Gasteiger partial charge in [-0.05, 0) is 37.0 Å². The van der Waals surface area contributed by atoms with Gasteiger partial charge < -0.3 is 15.0 Å². The van der Waals surface area contributed by atoms with Gasteiger partial charge in [0.2, 0.25) is 0 Å². The van der Waals surface area contributed by atoms with E-state index in [-0.39, 0.29) is 5.91 Å². The van der Waals surface area contributed by atoms with E-state index in [0.717, 1.165) is 22.0 Å². The fourth-order valence-electron chi connectivity index (χ4n) is 2.10. The van der Waals surface area contributed by atoms with Crippen molar-refractivity contribution in [3.8, 4) is 5.75 Å². The molecule has 1 N–H and O–H groups in total. The zero-order chi connectivity index (χ0) is 16.1. The molecular formula is C16H21N3O2S. The second-order valence-corrected chi connectivity index (χ2v) is 5.84. The highest BCUT2D eigenvalue weighted by molar-refractivity contribution is 7.10. The second-order valence-electron chi connectivity index (χ2n) is 5.06. The molecule has 0 spiro atoms. The Morgan fingerprint density at radius 3 is 2.77 bits per heavy atom. The molecule has 0 unspecified atom stereocenters. The summed E-state index contributed by atoms with van der Waals surface area (Å²) in [7, 11) is 3.57. The number of aryl methyl sites for hydroxylation is 2. The van der Waals surface area contributed by atoms with Crippen LogP contribution in [0.1, 0.15) is 21.6 Å². The van der Waals surface area contributed by atoms with Gasteiger partial charge in [0.15, 0.2) is 0 Å². The van der Waals surface area contributed by atoms with Crippen LogP contribution in [-0.2, 0) is 0 Å². The van der Waals surface area contributed by atoms with E-state index in [1.165, 1.54) is 11.5 Å². The Bertz CT molecular complexity index is 655. The van der Waals surface area contributed by atoms with Gasteiger partial charge in [-0.15, -0.1) is 0 Å². The van der Waals surface area contributed by atoms with Gasteiger partial charge in [0.05, 0.1) is 17.8 Å². The van der Waals surface area contributed by atoms with Gasteiger partial charge >= 0.3 is 0 Å². The third-order valence-corrected chi connectivity index (χ3v) is 4.38. The van der Waals surface area contributed by atoms with Crippen molar-refractivity contribution in [3.63, 3.8) is 0 Å². The zero-order valence-corrected chi connectivity index (χ0v) is 14.2. The van der Waals surface area contributed by atoms with E-state index < -0.39 is 0 Å². The van der Waals surface area contributed by atoms with Crippen molar-refractivity contribution in [2.45, 2.75) is 13.8 Å². The molecule has 0 bridgehead atoms. The second kappa shape index (κ2) is 7.26. The maximum absolute atomic E-state index is 12.5. The minimum atomic E-state index is -0.0380. The van der Waals surface area contributed by atoms with Crippen molar-refractivity contribution < 1.29 is 9.53 Å². The molecule has 22 heavy (non-hydrogen) atoms. The van der Waals surface area contributed by atoms with Gasteiger partial charge in [-0.1, -0.05) is 18.2 Å². The van der Waals surface area contributed by atoms with E-state index in [2.05, 4.69) is 9.69 Å². The molecule has 6 heteroatoms. The maximum atomic E-state index is 12.5. The van der Waals surface area contributed by atoms with Gasteiger partial charge in [-0.2, -0.15) is 4.37 Å². The molecule has 5 nitrogen and oxygen atoms in total. The van der Waals surface area contributed by atoms with Crippen LogP contribution in [-0.4, -0.2) is 42.4 Å². The van der Waals surface area contributed by atoms with Gasteiger partial charge in [0.25, 0.3) is 5.91 Å². The molecule has 0 aliphatic carbocycles. The Kier molecular flexibility index (Phi) is 5.38. The summed E-state index contributed by atoms with van der Waals surface area (Å²) in [6.45, 7) is 4.83. The molecule has 0 saturated heterocycles.